The Kier molecular flexibility index (Phi) is 5.56. The topological polar surface area (TPSA) is 64.6 Å². The van der Waals surface area contributed by atoms with Crippen molar-refractivity contribution in [1.82, 2.24) is 0 Å². The monoisotopic (exact) mass is 377 g/mol. The Labute approximate surface area is 155 Å². The molecule has 0 unspecified atom stereocenters. The van der Waals surface area contributed by atoms with Crippen LogP contribution in [0.5, 0.6) is 5.75 Å². The maximum Gasteiger partial charge on any atom is 0.341 e. The number of carbonyl (C=O) groups is 2. The molecule has 1 aromatic carbocycles. The van der Waals surface area contributed by atoms with Gasteiger partial charge in [-0.1, -0.05) is 6.42 Å². The first-order valence-corrected chi connectivity index (χ1v) is 9.24. The lowest BCUT2D eigenvalue weighted by Crippen LogP contribution is -2.16. The minimum absolute atomic E-state index is 0.106. The molecule has 3 rings (SSSR count). The SMILES string of the molecule is COC(=O)c1c(NC(=O)c2ccc(OC)cc2F)sc2c1CCCCC2. The average Bonchev–Trinajstić information content (AvgIpc) is 2.81. The third-order valence-corrected chi connectivity index (χ3v) is 5.67. The van der Waals surface area contributed by atoms with Crippen LogP contribution in [0.25, 0.3) is 0 Å². The van der Waals surface area contributed by atoms with Crippen molar-refractivity contribution in [1.29, 1.82) is 0 Å². The Bertz CT molecular complexity index is 846. The van der Waals surface area contributed by atoms with E-state index in [-0.39, 0.29) is 5.56 Å². The zero-order valence-corrected chi connectivity index (χ0v) is 15.5. The fourth-order valence-electron chi connectivity index (χ4n) is 3.13. The molecule has 5 nitrogen and oxygen atoms in total. The number of hydrogen-bond acceptors (Lipinski definition) is 5. The van der Waals surface area contributed by atoms with Gasteiger partial charge in [-0.3, -0.25) is 4.79 Å². The fraction of sp³-hybridized carbons (Fsp3) is 0.368. The molecule has 1 amide bonds. The smallest absolute Gasteiger partial charge is 0.341 e. The van der Waals surface area contributed by atoms with Crippen molar-refractivity contribution >= 4 is 28.2 Å². The van der Waals surface area contributed by atoms with Gasteiger partial charge in [0.15, 0.2) is 0 Å². The lowest BCUT2D eigenvalue weighted by molar-refractivity contribution is 0.0601. The minimum Gasteiger partial charge on any atom is -0.497 e. The number of hydrogen-bond donors (Lipinski definition) is 1. The van der Waals surface area contributed by atoms with Gasteiger partial charge in [-0.15, -0.1) is 11.3 Å². The summed E-state index contributed by atoms with van der Waals surface area (Å²) in [4.78, 5) is 25.9. The zero-order valence-electron chi connectivity index (χ0n) is 14.7. The number of aryl methyl sites for hydroxylation is 1. The van der Waals surface area contributed by atoms with Crippen molar-refractivity contribution in [2.45, 2.75) is 32.1 Å². The number of fused-ring (bicyclic) bond motifs is 1. The van der Waals surface area contributed by atoms with Gasteiger partial charge >= 0.3 is 5.97 Å². The molecule has 2 aromatic rings. The van der Waals surface area contributed by atoms with Crippen LogP contribution in [-0.2, 0) is 17.6 Å². The third-order valence-electron chi connectivity index (χ3n) is 4.46. The molecular weight excluding hydrogens is 357 g/mol. The van der Waals surface area contributed by atoms with Gasteiger partial charge in [-0.2, -0.15) is 0 Å². The lowest BCUT2D eigenvalue weighted by atomic mass is 10.1. The molecule has 0 fully saturated rings. The number of rotatable bonds is 4. The minimum atomic E-state index is -0.681. The van der Waals surface area contributed by atoms with Gasteiger partial charge in [0, 0.05) is 10.9 Å². The van der Waals surface area contributed by atoms with Crippen molar-refractivity contribution in [2.75, 3.05) is 19.5 Å². The summed E-state index contributed by atoms with van der Waals surface area (Å²) in [5, 5.41) is 3.12. The first-order valence-electron chi connectivity index (χ1n) is 8.43. The van der Waals surface area contributed by atoms with E-state index in [2.05, 4.69) is 5.32 Å². The van der Waals surface area contributed by atoms with E-state index < -0.39 is 17.7 Å². The number of halogens is 1. The lowest BCUT2D eigenvalue weighted by Gasteiger charge is -2.09. The van der Waals surface area contributed by atoms with Crippen molar-refractivity contribution in [3.05, 3.63) is 45.6 Å². The molecule has 1 aliphatic carbocycles. The maximum atomic E-state index is 14.2. The molecule has 138 valence electrons. The number of amides is 1. The van der Waals surface area contributed by atoms with Gasteiger partial charge in [0.05, 0.1) is 25.3 Å². The quantitative estimate of drug-likeness (QED) is 0.641. The zero-order chi connectivity index (χ0) is 18.7. The highest BCUT2D eigenvalue weighted by atomic mass is 32.1. The molecule has 0 bridgehead atoms. The van der Waals surface area contributed by atoms with E-state index in [1.165, 1.54) is 37.7 Å². The maximum absolute atomic E-state index is 14.2. The molecule has 1 heterocycles. The largest absolute Gasteiger partial charge is 0.497 e. The Balaban J connectivity index is 1.94. The van der Waals surface area contributed by atoms with E-state index in [0.717, 1.165) is 48.6 Å². The second kappa shape index (κ2) is 7.86. The number of thiophene rings is 1. The highest BCUT2D eigenvalue weighted by Gasteiger charge is 2.27. The second-order valence-electron chi connectivity index (χ2n) is 6.06. The molecule has 1 aromatic heterocycles. The fourth-order valence-corrected chi connectivity index (χ4v) is 4.40. The Morgan fingerprint density at radius 2 is 1.92 bits per heavy atom. The Morgan fingerprint density at radius 1 is 1.15 bits per heavy atom. The molecular formula is C19H20FNO4S. The van der Waals surface area contributed by atoms with Crippen LogP contribution in [0.4, 0.5) is 9.39 Å². The molecule has 0 radical (unpaired) electrons. The normalized spacial score (nSPS) is 13.5. The summed E-state index contributed by atoms with van der Waals surface area (Å²) in [5.41, 5.74) is 1.24. The van der Waals surface area contributed by atoms with Crippen molar-refractivity contribution < 1.29 is 23.5 Å². The van der Waals surface area contributed by atoms with E-state index in [4.69, 9.17) is 9.47 Å². The summed E-state index contributed by atoms with van der Waals surface area (Å²) in [6.45, 7) is 0. The molecule has 0 aliphatic heterocycles. The molecule has 0 atom stereocenters. The summed E-state index contributed by atoms with van der Waals surface area (Å²) >= 11 is 1.38. The summed E-state index contributed by atoms with van der Waals surface area (Å²) in [6, 6.07) is 4.03. The van der Waals surface area contributed by atoms with Crippen LogP contribution < -0.4 is 10.1 Å². The molecule has 26 heavy (non-hydrogen) atoms. The molecule has 0 spiro atoms. The second-order valence-corrected chi connectivity index (χ2v) is 7.17. The van der Waals surface area contributed by atoms with Crippen LogP contribution in [0, 0.1) is 5.82 Å². The number of benzene rings is 1. The molecule has 0 saturated carbocycles. The molecule has 1 N–H and O–H groups in total. The van der Waals surface area contributed by atoms with E-state index in [0.29, 0.717) is 16.3 Å². The molecule has 0 saturated heterocycles. The number of methoxy groups -OCH3 is 2. The van der Waals surface area contributed by atoms with Gasteiger partial charge in [-0.05, 0) is 43.4 Å². The first-order chi connectivity index (χ1) is 12.5. The number of anilines is 1. The van der Waals surface area contributed by atoms with Gasteiger partial charge in [-0.25, -0.2) is 9.18 Å². The number of nitrogens with one attached hydrogen (secondary N) is 1. The van der Waals surface area contributed by atoms with E-state index in [1.54, 1.807) is 0 Å². The molecule has 7 heteroatoms. The summed E-state index contributed by atoms with van der Waals surface area (Å²) in [7, 11) is 2.74. The third kappa shape index (κ3) is 3.58. The van der Waals surface area contributed by atoms with E-state index in [1.807, 2.05) is 0 Å². The van der Waals surface area contributed by atoms with Crippen molar-refractivity contribution in [3.8, 4) is 5.75 Å². The highest BCUT2D eigenvalue weighted by Crippen LogP contribution is 2.38. The van der Waals surface area contributed by atoms with Crippen molar-refractivity contribution in [2.24, 2.45) is 0 Å². The summed E-state index contributed by atoms with van der Waals surface area (Å²) in [5.74, 6) is -1.43. The van der Waals surface area contributed by atoms with Gasteiger partial charge in [0.25, 0.3) is 5.91 Å². The Hall–Kier alpha value is -2.41. The number of ether oxygens (including phenoxy) is 2. The summed E-state index contributed by atoms with van der Waals surface area (Å²) in [6.07, 6.45) is 4.81. The van der Waals surface area contributed by atoms with Crippen LogP contribution in [0.3, 0.4) is 0 Å². The predicted octanol–water partition coefficient (Wildman–Crippen LogP) is 4.20. The highest BCUT2D eigenvalue weighted by molar-refractivity contribution is 7.17. The van der Waals surface area contributed by atoms with Crippen LogP contribution in [0.15, 0.2) is 18.2 Å². The first kappa shape index (κ1) is 18.4. The van der Waals surface area contributed by atoms with Gasteiger partial charge in [0.2, 0.25) is 0 Å². The van der Waals surface area contributed by atoms with E-state index >= 15 is 0 Å². The Morgan fingerprint density at radius 3 is 2.62 bits per heavy atom. The average molecular weight is 377 g/mol. The predicted molar refractivity (Wildman–Crippen MR) is 97.8 cm³/mol. The van der Waals surface area contributed by atoms with Crippen LogP contribution >= 0.6 is 11.3 Å². The number of carbonyl (C=O) groups excluding carboxylic acids is 2. The van der Waals surface area contributed by atoms with Crippen LogP contribution in [-0.4, -0.2) is 26.1 Å². The van der Waals surface area contributed by atoms with Crippen LogP contribution in [0.1, 0.15) is 50.4 Å². The number of esters is 1. The standard InChI is InChI=1S/C19H20FNO4S/c1-24-11-8-9-12(14(20)10-11)17(22)21-18-16(19(23)25-2)13-6-4-3-5-7-15(13)26-18/h8-10H,3-7H2,1-2H3,(H,21,22). The summed E-state index contributed by atoms with van der Waals surface area (Å²) < 4.78 is 24.0. The van der Waals surface area contributed by atoms with Crippen LogP contribution in [0.2, 0.25) is 0 Å². The molecule has 1 aliphatic rings. The van der Waals surface area contributed by atoms with Gasteiger partial charge < -0.3 is 14.8 Å². The van der Waals surface area contributed by atoms with Gasteiger partial charge in [0.1, 0.15) is 16.6 Å². The van der Waals surface area contributed by atoms with Crippen molar-refractivity contribution in [3.63, 3.8) is 0 Å². The van der Waals surface area contributed by atoms with E-state index in [9.17, 15) is 14.0 Å².